The predicted molar refractivity (Wildman–Crippen MR) is 137 cm³/mol. The summed E-state index contributed by atoms with van der Waals surface area (Å²) in [5, 5.41) is 18.2. The molecule has 0 radical (unpaired) electrons. The van der Waals surface area contributed by atoms with Gasteiger partial charge in [-0.05, 0) is 50.1 Å². The molecule has 182 valence electrons. The quantitative estimate of drug-likeness (QED) is 0.449. The Bertz CT molecular complexity index is 1310. The number of nitrogens with one attached hydrogen (secondary N) is 2. The van der Waals surface area contributed by atoms with Crippen LogP contribution in [0.4, 0.5) is 5.69 Å². The molecular weight excluding hydrogens is 462 g/mol. The number of hydrogen-bond acceptors (Lipinski definition) is 5. The molecule has 3 aromatic rings. The lowest BCUT2D eigenvalue weighted by atomic mass is 9.68. The minimum atomic E-state index is -3.95. The second kappa shape index (κ2) is 10.0. The van der Waals surface area contributed by atoms with Crippen LogP contribution in [0.5, 0.6) is 0 Å². The van der Waals surface area contributed by atoms with Gasteiger partial charge < -0.3 is 10.4 Å². The molecule has 0 aromatic heterocycles. The first-order valence-corrected chi connectivity index (χ1v) is 12.9. The second-order valence-electron chi connectivity index (χ2n) is 9.24. The molecule has 3 atom stereocenters. The van der Waals surface area contributed by atoms with E-state index in [4.69, 9.17) is 0 Å². The summed E-state index contributed by atoms with van der Waals surface area (Å²) >= 11 is 0. The fraction of sp³-hybridized carbons (Fsp3) is 0.259. The topological polar surface area (TPSA) is 108 Å². The number of sulfonamides is 1. The Labute approximate surface area is 206 Å². The molecule has 1 fully saturated rings. The summed E-state index contributed by atoms with van der Waals surface area (Å²) in [6.07, 6.45) is 0.382. The van der Waals surface area contributed by atoms with Crippen molar-refractivity contribution in [3.8, 4) is 0 Å². The summed E-state index contributed by atoms with van der Waals surface area (Å²) in [5.41, 5.74) is 1.54. The minimum Gasteiger partial charge on any atom is -0.390 e. The fourth-order valence-corrected chi connectivity index (χ4v) is 5.32. The van der Waals surface area contributed by atoms with Gasteiger partial charge in [-0.1, -0.05) is 66.2 Å². The maximum atomic E-state index is 13.6. The van der Waals surface area contributed by atoms with Gasteiger partial charge in [0.05, 0.1) is 22.1 Å². The highest BCUT2D eigenvalue weighted by molar-refractivity contribution is 7.89. The van der Waals surface area contributed by atoms with E-state index in [-0.39, 0.29) is 22.9 Å². The number of carbonyl (C=O) groups is 1. The summed E-state index contributed by atoms with van der Waals surface area (Å²) in [6, 6.07) is 24.9. The fourth-order valence-electron chi connectivity index (χ4n) is 4.48. The lowest BCUT2D eigenvalue weighted by Crippen LogP contribution is -2.47. The van der Waals surface area contributed by atoms with Gasteiger partial charge in [0.2, 0.25) is 5.91 Å². The van der Waals surface area contributed by atoms with E-state index in [9.17, 15) is 18.3 Å². The van der Waals surface area contributed by atoms with Crippen molar-refractivity contribution in [3.05, 3.63) is 96.1 Å². The number of rotatable bonds is 6. The van der Waals surface area contributed by atoms with Crippen molar-refractivity contribution >= 4 is 27.3 Å². The number of nitrogens with zero attached hydrogens (tertiary/aromatic N) is 1. The van der Waals surface area contributed by atoms with Gasteiger partial charge in [0, 0.05) is 18.0 Å². The average Bonchev–Trinajstić information content (AvgIpc) is 2.83. The molecule has 1 aliphatic carbocycles. The average molecular weight is 492 g/mol. The van der Waals surface area contributed by atoms with Crippen LogP contribution in [0.3, 0.4) is 0 Å². The largest absolute Gasteiger partial charge is 0.390 e. The number of hydrazone groups is 1. The van der Waals surface area contributed by atoms with E-state index in [1.165, 1.54) is 12.1 Å². The molecule has 3 aromatic carbocycles. The van der Waals surface area contributed by atoms with Crippen LogP contribution in [0.2, 0.25) is 0 Å². The number of amides is 1. The highest BCUT2D eigenvalue weighted by atomic mass is 32.2. The molecule has 1 aliphatic rings. The molecule has 35 heavy (non-hydrogen) atoms. The molecular formula is C27H29N3O4S. The number of para-hydroxylation sites is 1. The van der Waals surface area contributed by atoms with Gasteiger partial charge in [0.25, 0.3) is 10.0 Å². The molecule has 3 N–H and O–H groups in total. The van der Waals surface area contributed by atoms with Crippen LogP contribution in [0.25, 0.3) is 0 Å². The molecule has 7 nitrogen and oxygen atoms in total. The minimum absolute atomic E-state index is 0.0552. The van der Waals surface area contributed by atoms with Crippen molar-refractivity contribution < 1.29 is 18.3 Å². The Morgan fingerprint density at radius 1 is 0.971 bits per heavy atom. The molecule has 4 rings (SSSR count). The van der Waals surface area contributed by atoms with Crippen LogP contribution in [0.15, 0.2) is 94.9 Å². The van der Waals surface area contributed by atoms with Crippen molar-refractivity contribution in [2.45, 2.75) is 43.1 Å². The molecule has 1 amide bonds. The van der Waals surface area contributed by atoms with Crippen LogP contribution in [0.1, 0.15) is 36.8 Å². The van der Waals surface area contributed by atoms with Gasteiger partial charge in [-0.15, -0.1) is 0 Å². The van der Waals surface area contributed by atoms with Crippen LogP contribution >= 0.6 is 0 Å². The Morgan fingerprint density at radius 2 is 1.57 bits per heavy atom. The molecule has 0 spiro atoms. The van der Waals surface area contributed by atoms with Gasteiger partial charge in [0.15, 0.2) is 0 Å². The zero-order valence-electron chi connectivity index (χ0n) is 19.7. The maximum Gasteiger partial charge on any atom is 0.276 e. The Kier molecular flexibility index (Phi) is 7.05. The van der Waals surface area contributed by atoms with Gasteiger partial charge in [-0.3, -0.25) is 4.79 Å². The summed E-state index contributed by atoms with van der Waals surface area (Å²) in [7, 11) is -3.95. The zero-order valence-corrected chi connectivity index (χ0v) is 20.5. The van der Waals surface area contributed by atoms with E-state index in [0.29, 0.717) is 12.1 Å². The normalized spacial score (nSPS) is 23.6. The Morgan fingerprint density at radius 3 is 2.20 bits per heavy atom. The van der Waals surface area contributed by atoms with E-state index in [2.05, 4.69) is 15.2 Å². The summed E-state index contributed by atoms with van der Waals surface area (Å²) in [4.78, 5) is 15.9. The SMILES string of the molecule is Cc1ccc(S(=O)(=O)N/N=C2/C[C@](C)(O)C[C@H](c3ccccc3)[C@@H]2C(=O)Nc2ccccc2)cc1. The molecule has 0 aliphatic heterocycles. The standard InChI is InChI=1S/C27H29N3O4S/c1-19-13-15-22(16-14-19)35(33,34)30-29-24-18-27(2,32)17-23(20-9-5-3-6-10-20)25(24)26(31)28-21-11-7-4-8-12-21/h3-16,23,25,30,32H,17-18H2,1-2H3,(H,28,31)/b29-24-/t23-,25+,27-/m1/s1. The second-order valence-corrected chi connectivity index (χ2v) is 10.9. The Hall–Kier alpha value is -3.49. The van der Waals surface area contributed by atoms with Crippen molar-refractivity contribution in [3.63, 3.8) is 0 Å². The van der Waals surface area contributed by atoms with Gasteiger partial charge >= 0.3 is 0 Å². The van der Waals surface area contributed by atoms with E-state index in [1.807, 2.05) is 55.5 Å². The van der Waals surface area contributed by atoms with Gasteiger partial charge in [-0.25, -0.2) is 4.83 Å². The summed E-state index contributed by atoms with van der Waals surface area (Å²) in [5.74, 6) is -1.49. The highest BCUT2D eigenvalue weighted by Crippen LogP contribution is 2.41. The smallest absolute Gasteiger partial charge is 0.276 e. The third-order valence-electron chi connectivity index (χ3n) is 6.18. The van der Waals surface area contributed by atoms with Crippen LogP contribution in [-0.4, -0.2) is 30.7 Å². The first-order valence-electron chi connectivity index (χ1n) is 11.4. The molecule has 0 unspecified atom stereocenters. The molecule has 8 heteroatoms. The van der Waals surface area contributed by atoms with Crippen molar-refractivity contribution in [1.82, 2.24) is 4.83 Å². The van der Waals surface area contributed by atoms with Crippen molar-refractivity contribution in [2.24, 2.45) is 11.0 Å². The first-order chi connectivity index (χ1) is 16.6. The zero-order chi connectivity index (χ0) is 25.1. The summed E-state index contributed by atoms with van der Waals surface area (Å²) < 4.78 is 25.8. The molecule has 0 heterocycles. The van der Waals surface area contributed by atoms with E-state index >= 15 is 0 Å². The first kappa shape index (κ1) is 24.6. The molecule has 0 saturated heterocycles. The van der Waals surface area contributed by atoms with Crippen molar-refractivity contribution in [1.29, 1.82) is 0 Å². The molecule has 1 saturated carbocycles. The van der Waals surface area contributed by atoms with E-state index in [1.54, 1.807) is 31.2 Å². The maximum absolute atomic E-state index is 13.6. The lowest BCUT2D eigenvalue weighted by Gasteiger charge is -2.40. The summed E-state index contributed by atoms with van der Waals surface area (Å²) in [6.45, 7) is 3.55. The number of aliphatic hydroxyl groups is 1. The van der Waals surface area contributed by atoms with Crippen LogP contribution in [0, 0.1) is 12.8 Å². The predicted octanol–water partition coefficient (Wildman–Crippen LogP) is 4.21. The third-order valence-corrected chi connectivity index (χ3v) is 7.40. The number of carbonyl (C=O) groups excluding carboxylic acids is 1. The van der Waals surface area contributed by atoms with Crippen LogP contribution < -0.4 is 10.1 Å². The third kappa shape index (κ3) is 5.96. The number of aryl methyl sites for hydroxylation is 1. The molecule has 0 bridgehead atoms. The van der Waals surface area contributed by atoms with Gasteiger partial charge in [-0.2, -0.15) is 13.5 Å². The van der Waals surface area contributed by atoms with E-state index in [0.717, 1.165) is 11.1 Å². The van der Waals surface area contributed by atoms with E-state index < -0.39 is 27.5 Å². The lowest BCUT2D eigenvalue weighted by molar-refractivity contribution is -0.119. The van der Waals surface area contributed by atoms with Crippen LogP contribution in [-0.2, 0) is 14.8 Å². The number of anilines is 1. The van der Waals surface area contributed by atoms with Crippen molar-refractivity contribution in [2.75, 3.05) is 5.32 Å². The number of benzene rings is 3. The van der Waals surface area contributed by atoms with Gasteiger partial charge in [0.1, 0.15) is 0 Å². The Balaban J connectivity index is 1.72. The monoisotopic (exact) mass is 491 g/mol. The number of hydrogen-bond donors (Lipinski definition) is 3. The highest BCUT2D eigenvalue weighted by Gasteiger charge is 2.45.